The van der Waals surface area contributed by atoms with Gasteiger partial charge in [-0.15, -0.1) is 5.10 Å². The van der Waals surface area contributed by atoms with E-state index in [9.17, 15) is 12.8 Å². The van der Waals surface area contributed by atoms with Gasteiger partial charge in [0.2, 0.25) is 15.9 Å². The number of aromatic nitrogens is 2. The van der Waals surface area contributed by atoms with Gasteiger partial charge >= 0.3 is 6.01 Å². The van der Waals surface area contributed by atoms with Crippen LogP contribution in [0.3, 0.4) is 0 Å². The van der Waals surface area contributed by atoms with Crippen molar-refractivity contribution >= 4 is 16.0 Å². The predicted octanol–water partition coefficient (Wildman–Crippen LogP) is 3.74. The van der Waals surface area contributed by atoms with Gasteiger partial charge in [0.1, 0.15) is 11.9 Å². The van der Waals surface area contributed by atoms with Gasteiger partial charge in [0, 0.05) is 13.1 Å². The summed E-state index contributed by atoms with van der Waals surface area (Å²) in [6.45, 7) is 0.865. The molecule has 1 aliphatic rings. The van der Waals surface area contributed by atoms with E-state index in [0.29, 0.717) is 19.5 Å². The number of rotatable bonds is 6. The molecule has 1 fully saturated rings. The van der Waals surface area contributed by atoms with Gasteiger partial charge in [-0.3, -0.25) is 0 Å². The average Bonchev–Trinajstić information content (AvgIpc) is 3.22. The van der Waals surface area contributed by atoms with Crippen molar-refractivity contribution in [3.63, 3.8) is 0 Å². The maximum Gasteiger partial charge on any atom is 0.315 e. The normalized spacial score (nSPS) is 17.9. The predicted molar refractivity (Wildman–Crippen MR) is 105 cm³/mol. The van der Waals surface area contributed by atoms with Crippen LogP contribution in [0.1, 0.15) is 36.8 Å². The van der Waals surface area contributed by atoms with Crippen LogP contribution in [0.15, 0.2) is 63.9 Å². The van der Waals surface area contributed by atoms with Gasteiger partial charge in [0.15, 0.2) is 0 Å². The molecule has 0 radical (unpaired) electrons. The van der Waals surface area contributed by atoms with Crippen LogP contribution in [-0.2, 0) is 16.6 Å². The molecule has 1 N–H and O–H groups in total. The number of piperidine rings is 1. The molecule has 0 spiro atoms. The Labute approximate surface area is 168 Å². The summed E-state index contributed by atoms with van der Waals surface area (Å²) < 4.78 is 46.5. The lowest BCUT2D eigenvalue weighted by Gasteiger charge is -2.32. The van der Waals surface area contributed by atoms with Crippen LogP contribution in [0, 0.1) is 5.82 Å². The van der Waals surface area contributed by atoms with Crippen LogP contribution in [0.5, 0.6) is 0 Å². The molecule has 1 aromatic heterocycles. The van der Waals surface area contributed by atoms with E-state index in [2.05, 4.69) is 15.5 Å². The zero-order valence-corrected chi connectivity index (χ0v) is 16.5. The van der Waals surface area contributed by atoms with Crippen LogP contribution in [0.2, 0.25) is 0 Å². The molecule has 4 rings (SSSR count). The molecule has 1 saturated heterocycles. The van der Waals surface area contributed by atoms with Gasteiger partial charge in [0.25, 0.3) is 0 Å². The van der Waals surface area contributed by atoms with E-state index in [0.717, 1.165) is 30.5 Å². The van der Waals surface area contributed by atoms with E-state index in [1.807, 2.05) is 30.3 Å². The van der Waals surface area contributed by atoms with Crippen molar-refractivity contribution in [2.45, 2.75) is 36.7 Å². The maximum atomic E-state index is 13.2. The van der Waals surface area contributed by atoms with E-state index in [1.165, 1.54) is 16.4 Å². The van der Waals surface area contributed by atoms with Crippen molar-refractivity contribution in [1.82, 2.24) is 14.5 Å². The molecule has 2 aromatic carbocycles. The number of benzene rings is 2. The highest BCUT2D eigenvalue weighted by Gasteiger charge is 2.37. The largest absolute Gasteiger partial charge is 0.406 e. The Morgan fingerprint density at radius 2 is 1.83 bits per heavy atom. The molecule has 0 aliphatic carbocycles. The number of hydrogen-bond acceptors (Lipinski definition) is 6. The second-order valence-electron chi connectivity index (χ2n) is 6.87. The fourth-order valence-electron chi connectivity index (χ4n) is 3.40. The number of nitrogens with zero attached hydrogens (tertiary/aromatic N) is 3. The van der Waals surface area contributed by atoms with Crippen molar-refractivity contribution in [1.29, 1.82) is 0 Å². The number of anilines is 1. The first-order valence-electron chi connectivity index (χ1n) is 9.42. The smallest absolute Gasteiger partial charge is 0.315 e. The van der Waals surface area contributed by atoms with E-state index < -0.39 is 21.9 Å². The van der Waals surface area contributed by atoms with Gasteiger partial charge in [-0.05, 0) is 42.7 Å². The molecule has 9 heteroatoms. The molecule has 0 saturated carbocycles. The fourth-order valence-corrected chi connectivity index (χ4v) is 5.05. The topological polar surface area (TPSA) is 88.3 Å². The van der Waals surface area contributed by atoms with Gasteiger partial charge in [0.05, 0.1) is 4.90 Å². The molecule has 7 nitrogen and oxygen atoms in total. The standard InChI is InChI=1S/C20H21FN4O3S/c21-16-9-11-17(12-10-16)29(26,27)25-13-5-4-8-18(25)19-23-24-20(28-19)22-14-15-6-2-1-3-7-15/h1-3,6-7,9-12,18H,4-5,8,13-14H2,(H,22,24)/t18-/m0/s1. The van der Waals surface area contributed by atoms with Crippen LogP contribution >= 0.6 is 0 Å². The molecule has 1 aliphatic heterocycles. The Hall–Kier alpha value is -2.78. The Morgan fingerprint density at radius 1 is 1.07 bits per heavy atom. The Morgan fingerprint density at radius 3 is 2.59 bits per heavy atom. The summed E-state index contributed by atoms with van der Waals surface area (Å²) in [6, 6.07) is 14.3. The third-order valence-electron chi connectivity index (χ3n) is 4.89. The van der Waals surface area contributed by atoms with Gasteiger partial charge in [-0.25, -0.2) is 12.8 Å². The summed E-state index contributed by atoms with van der Waals surface area (Å²) in [6.07, 6.45) is 2.18. The molecular weight excluding hydrogens is 395 g/mol. The summed E-state index contributed by atoms with van der Waals surface area (Å²) in [4.78, 5) is 0.0488. The first kappa shape index (κ1) is 19.5. The zero-order valence-electron chi connectivity index (χ0n) is 15.7. The van der Waals surface area contributed by atoms with Crippen molar-refractivity contribution in [3.8, 4) is 0 Å². The first-order valence-corrected chi connectivity index (χ1v) is 10.9. The molecule has 2 heterocycles. The summed E-state index contributed by atoms with van der Waals surface area (Å²) in [5.74, 6) is -0.226. The molecule has 3 aromatic rings. The third-order valence-corrected chi connectivity index (χ3v) is 6.81. The second kappa shape index (κ2) is 8.30. The number of hydrogen-bond donors (Lipinski definition) is 1. The number of halogens is 1. The second-order valence-corrected chi connectivity index (χ2v) is 8.76. The monoisotopic (exact) mass is 416 g/mol. The lowest BCUT2D eigenvalue weighted by atomic mass is 10.1. The Kier molecular flexibility index (Phi) is 5.59. The molecule has 29 heavy (non-hydrogen) atoms. The van der Waals surface area contributed by atoms with Crippen LogP contribution in [0.4, 0.5) is 10.4 Å². The van der Waals surface area contributed by atoms with Gasteiger partial charge < -0.3 is 9.73 Å². The van der Waals surface area contributed by atoms with Crippen molar-refractivity contribution in [2.24, 2.45) is 0 Å². The van der Waals surface area contributed by atoms with Gasteiger partial charge in [-0.2, -0.15) is 4.31 Å². The SMILES string of the molecule is O=S(=O)(c1ccc(F)cc1)N1CCCC[C@H]1c1nnc(NCc2ccccc2)o1. The fraction of sp³-hybridized carbons (Fsp3) is 0.300. The molecule has 0 amide bonds. The van der Waals surface area contributed by atoms with Crippen LogP contribution in [-0.4, -0.2) is 29.5 Å². The van der Waals surface area contributed by atoms with Crippen molar-refractivity contribution < 1.29 is 17.2 Å². The molecule has 0 unspecified atom stereocenters. The van der Waals surface area contributed by atoms with E-state index >= 15 is 0 Å². The highest BCUT2D eigenvalue weighted by atomic mass is 32.2. The quantitative estimate of drug-likeness (QED) is 0.659. The van der Waals surface area contributed by atoms with Crippen molar-refractivity contribution in [2.75, 3.05) is 11.9 Å². The van der Waals surface area contributed by atoms with E-state index in [-0.39, 0.29) is 16.8 Å². The maximum absolute atomic E-state index is 13.2. The van der Waals surface area contributed by atoms with Crippen LogP contribution < -0.4 is 5.32 Å². The van der Waals surface area contributed by atoms with E-state index in [4.69, 9.17) is 4.42 Å². The average molecular weight is 416 g/mol. The summed E-state index contributed by atoms with van der Waals surface area (Å²) in [5.41, 5.74) is 1.06. The van der Waals surface area contributed by atoms with Crippen LogP contribution in [0.25, 0.3) is 0 Å². The number of sulfonamides is 1. The minimum atomic E-state index is -3.80. The highest BCUT2D eigenvalue weighted by Crippen LogP contribution is 2.35. The zero-order chi connectivity index (χ0) is 20.3. The lowest BCUT2D eigenvalue weighted by Crippen LogP contribution is -2.38. The minimum absolute atomic E-state index is 0.0488. The summed E-state index contributed by atoms with van der Waals surface area (Å²) in [7, 11) is -3.80. The molecular formula is C20H21FN4O3S. The first-order chi connectivity index (χ1) is 14.0. The minimum Gasteiger partial charge on any atom is -0.406 e. The van der Waals surface area contributed by atoms with Crippen molar-refractivity contribution in [3.05, 3.63) is 71.9 Å². The molecule has 0 bridgehead atoms. The summed E-state index contributed by atoms with van der Waals surface area (Å²) in [5, 5.41) is 11.1. The van der Waals surface area contributed by atoms with Gasteiger partial charge in [-0.1, -0.05) is 41.9 Å². The highest BCUT2D eigenvalue weighted by molar-refractivity contribution is 7.89. The number of nitrogens with one attached hydrogen (secondary N) is 1. The summed E-state index contributed by atoms with van der Waals surface area (Å²) >= 11 is 0. The Balaban J connectivity index is 1.53. The molecule has 1 atom stereocenters. The van der Waals surface area contributed by atoms with E-state index in [1.54, 1.807) is 0 Å². The molecule has 152 valence electrons. The third kappa shape index (κ3) is 4.30. The Bertz CT molecular complexity index is 1050. The lowest BCUT2D eigenvalue weighted by molar-refractivity contribution is 0.220.